The summed E-state index contributed by atoms with van der Waals surface area (Å²) in [4.78, 5) is 35.2. The minimum absolute atomic E-state index is 0.0799. The fourth-order valence-electron chi connectivity index (χ4n) is 2.35. The third-order valence-corrected chi connectivity index (χ3v) is 4.01. The molecule has 0 saturated carbocycles. The number of amides is 2. The molecule has 0 atom stereocenters. The summed E-state index contributed by atoms with van der Waals surface area (Å²) < 4.78 is 16.2. The van der Waals surface area contributed by atoms with Gasteiger partial charge in [0.1, 0.15) is 23.9 Å². The van der Waals surface area contributed by atoms with Gasteiger partial charge in [-0.05, 0) is 27.9 Å². The highest BCUT2D eigenvalue weighted by Gasteiger charge is 2.16. The zero-order chi connectivity index (χ0) is 25.4. The number of nitrogens with zero attached hydrogens (tertiary/aromatic N) is 2. The van der Waals surface area contributed by atoms with Crippen molar-refractivity contribution in [2.24, 2.45) is 0 Å². The number of carbonyl (C=O) groups excluding carboxylic acids is 1. The first-order valence-electron chi connectivity index (χ1n) is 10.2. The maximum atomic E-state index is 12.3. The largest absolute Gasteiger partial charge is 0.496 e. The first-order valence-corrected chi connectivity index (χ1v) is 10.2. The second-order valence-electron chi connectivity index (χ2n) is 7.23. The van der Waals surface area contributed by atoms with Crippen LogP contribution >= 0.6 is 0 Å². The lowest BCUT2D eigenvalue weighted by molar-refractivity contribution is -0.134. The summed E-state index contributed by atoms with van der Waals surface area (Å²) in [5.74, 6) is -0.541. The van der Waals surface area contributed by atoms with Crippen LogP contribution in [-0.4, -0.2) is 98.6 Å². The molecule has 11 nitrogen and oxygen atoms in total. The van der Waals surface area contributed by atoms with E-state index in [0.29, 0.717) is 49.1 Å². The van der Waals surface area contributed by atoms with E-state index in [2.05, 4.69) is 5.32 Å². The van der Waals surface area contributed by atoms with Crippen molar-refractivity contribution in [1.82, 2.24) is 15.1 Å². The second kappa shape index (κ2) is 16.2. The van der Waals surface area contributed by atoms with Crippen LogP contribution in [0.15, 0.2) is 30.4 Å². The number of ether oxygens (including phenoxy) is 3. The Hall–Kier alpha value is -3.47. The van der Waals surface area contributed by atoms with Gasteiger partial charge < -0.3 is 39.5 Å². The first kappa shape index (κ1) is 29.5. The van der Waals surface area contributed by atoms with Gasteiger partial charge in [-0.25, -0.2) is 14.4 Å². The zero-order valence-electron chi connectivity index (χ0n) is 20.0. The molecule has 1 rings (SSSR count). The molecule has 0 aromatic heterocycles. The number of aliphatic carboxylic acids is 2. The lowest BCUT2D eigenvalue weighted by Crippen LogP contribution is -2.47. The van der Waals surface area contributed by atoms with Crippen molar-refractivity contribution in [3.63, 3.8) is 0 Å². The molecule has 0 bridgehead atoms. The Kier molecular flexibility index (Phi) is 14.5. The van der Waals surface area contributed by atoms with E-state index >= 15 is 0 Å². The van der Waals surface area contributed by atoms with E-state index in [1.54, 1.807) is 37.3 Å². The van der Waals surface area contributed by atoms with Gasteiger partial charge >= 0.3 is 18.0 Å². The van der Waals surface area contributed by atoms with E-state index < -0.39 is 11.9 Å². The predicted molar refractivity (Wildman–Crippen MR) is 123 cm³/mol. The van der Waals surface area contributed by atoms with E-state index in [1.807, 2.05) is 32.8 Å². The van der Waals surface area contributed by atoms with Crippen LogP contribution < -0.4 is 19.5 Å². The minimum Gasteiger partial charge on any atom is -0.496 e. The van der Waals surface area contributed by atoms with E-state index in [9.17, 15) is 14.4 Å². The average molecular weight is 470 g/mol. The lowest BCUT2D eigenvalue weighted by atomic mass is 10.3. The summed E-state index contributed by atoms with van der Waals surface area (Å²) in [5, 5.41) is 18.6. The topological polar surface area (TPSA) is 138 Å². The summed E-state index contributed by atoms with van der Waals surface area (Å²) in [6, 6.07) is 5.37. The van der Waals surface area contributed by atoms with E-state index in [0.717, 1.165) is 6.54 Å². The Bertz CT molecular complexity index is 743. The van der Waals surface area contributed by atoms with Crippen LogP contribution in [0.3, 0.4) is 0 Å². The third kappa shape index (κ3) is 14.3. The summed E-state index contributed by atoms with van der Waals surface area (Å²) in [7, 11) is 7.14. The Labute approximate surface area is 194 Å². The van der Waals surface area contributed by atoms with Gasteiger partial charge in [0, 0.05) is 49.5 Å². The van der Waals surface area contributed by atoms with Crippen molar-refractivity contribution in [3.8, 4) is 17.2 Å². The van der Waals surface area contributed by atoms with Crippen LogP contribution in [0.2, 0.25) is 0 Å². The predicted octanol–water partition coefficient (Wildman–Crippen LogP) is 1.78. The monoisotopic (exact) mass is 469 g/mol. The molecule has 0 aliphatic heterocycles. The van der Waals surface area contributed by atoms with Crippen LogP contribution in [-0.2, 0) is 9.59 Å². The molecule has 0 spiro atoms. The second-order valence-corrected chi connectivity index (χ2v) is 7.23. The number of hydrogen-bond acceptors (Lipinski definition) is 7. The van der Waals surface area contributed by atoms with Crippen LogP contribution in [0.25, 0.3) is 0 Å². The number of urea groups is 1. The molecule has 0 aliphatic carbocycles. The number of carboxylic acids is 2. The Morgan fingerprint density at radius 3 is 1.82 bits per heavy atom. The summed E-state index contributed by atoms with van der Waals surface area (Å²) in [6.07, 6.45) is 1.12. The molecule has 0 fully saturated rings. The van der Waals surface area contributed by atoms with Gasteiger partial charge in [0.2, 0.25) is 0 Å². The van der Waals surface area contributed by atoms with Crippen molar-refractivity contribution in [2.45, 2.75) is 19.9 Å². The van der Waals surface area contributed by atoms with Gasteiger partial charge in [0.25, 0.3) is 0 Å². The molecule has 0 aliphatic rings. The number of hydrogen-bond donors (Lipinski definition) is 3. The lowest BCUT2D eigenvalue weighted by Gasteiger charge is -2.27. The number of carbonyl (C=O) groups is 3. The number of methoxy groups -OCH3 is 2. The van der Waals surface area contributed by atoms with E-state index in [-0.39, 0.29) is 12.1 Å². The molecule has 3 N–H and O–H groups in total. The highest BCUT2D eigenvalue weighted by molar-refractivity contribution is 5.89. The quantitative estimate of drug-likeness (QED) is 0.391. The molecule has 33 heavy (non-hydrogen) atoms. The van der Waals surface area contributed by atoms with Gasteiger partial charge in [-0.1, -0.05) is 0 Å². The molecule has 0 heterocycles. The molecule has 0 unspecified atom stereocenters. The average Bonchev–Trinajstić information content (AvgIpc) is 2.74. The van der Waals surface area contributed by atoms with Crippen LogP contribution in [0.4, 0.5) is 4.79 Å². The molecular formula is C22H35N3O8. The maximum Gasteiger partial charge on any atom is 0.328 e. The van der Waals surface area contributed by atoms with Crippen molar-refractivity contribution < 1.29 is 38.8 Å². The molecule has 0 saturated heterocycles. The number of nitrogens with one attached hydrogen (secondary N) is 1. The van der Waals surface area contributed by atoms with Gasteiger partial charge in [-0.15, -0.1) is 0 Å². The fraction of sp³-hybridized carbons (Fsp3) is 0.500. The molecule has 11 heteroatoms. The molecule has 2 amide bonds. The Morgan fingerprint density at radius 2 is 1.42 bits per heavy atom. The summed E-state index contributed by atoms with van der Waals surface area (Å²) in [5.41, 5.74) is 0. The first-order chi connectivity index (χ1) is 15.5. The van der Waals surface area contributed by atoms with E-state index in [1.165, 1.54) is 0 Å². The molecule has 1 aromatic rings. The standard InChI is InChI=1S/C18H31N3O4.C4H4O4/c1-14(2)21(18(22)19-7-8-20(3)4)9-10-25-17-12-15(23-5)11-16(13-17)24-6;5-3(6)1-2-4(7)8/h11-14H,7-10H2,1-6H3,(H,19,22);1-2H,(H,5,6)(H,7,8)/b;2-1+. The normalized spacial score (nSPS) is 10.4. The number of benzene rings is 1. The Balaban J connectivity index is 0.00000109. The smallest absolute Gasteiger partial charge is 0.328 e. The van der Waals surface area contributed by atoms with Gasteiger partial charge in [0.05, 0.1) is 20.8 Å². The van der Waals surface area contributed by atoms with E-state index in [4.69, 9.17) is 24.4 Å². The summed E-state index contributed by atoms with van der Waals surface area (Å²) >= 11 is 0. The highest BCUT2D eigenvalue weighted by atomic mass is 16.5. The van der Waals surface area contributed by atoms with Crippen LogP contribution in [0.1, 0.15) is 13.8 Å². The molecule has 1 aromatic carbocycles. The van der Waals surface area contributed by atoms with Crippen molar-refractivity contribution >= 4 is 18.0 Å². The number of carboxylic acid groups (broad SMARTS) is 2. The third-order valence-electron chi connectivity index (χ3n) is 4.01. The van der Waals surface area contributed by atoms with Crippen molar-refractivity contribution in [3.05, 3.63) is 30.4 Å². The highest BCUT2D eigenvalue weighted by Crippen LogP contribution is 2.27. The van der Waals surface area contributed by atoms with Gasteiger partial charge in [0.15, 0.2) is 0 Å². The minimum atomic E-state index is -1.26. The fourth-order valence-corrected chi connectivity index (χ4v) is 2.35. The zero-order valence-corrected chi connectivity index (χ0v) is 20.0. The SMILES string of the molecule is COc1cc(OC)cc(OCCN(C(=O)NCCN(C)C)C(C)C)c1.O=C(O)/C=C/C(=O)O. The molecule has 186 valence electrons. The van der Waals surface area contributed by atoms with Gasteiger partial charge in [-0.3, -0.25) is 0 Å². The van der Waals surface area contributed by atoms with Crippen LogP contribution in [0, 0.1) is 0 Å². The number of rotatable bonds is 12. The summed E-state index contributed by atoms with van der Waals surface area (Å²) in [6.45, 7) is 6.27. The Morgan fingerprint density at radius 1 is 0.939 bits per heavy atom. The number of likely N-dealkylation sites (N-methyl/N-ethyl adjacent to an activating group) is 1. The maximum absolute atomic E-state index is 12.3. The molecular weight excluding hydrogens is 434 g/mol. The van der Waals surface area contributed by atoms with Crippen LogP contribution in [0.5, 0.6) is 17.2 Å². The van der Waals surface area contributed by atoms with Gasteiger partial charge in [-0.2, -0.15) is 0 Å². The van der Waals surface area contributed by atoms with Crippen molar-refractivity contribution in [2.75, 3.05) is 54.6 Å². The van der Waals surface area contributed by atoms with Crippen molar-refractivity contribution in [1.29, 1.82) is 0 Å². The molecule has 0 radical (unpaired) electrons.